The van der Waals surface area contributed by atoms with Gasteiger partial charge in [0.05, 0.1) is 13.2 Å². The normalized spacial score (nSPS) is 17.2. The maximum atomic E-state index is 13.0. The molecule has 0 unspecified atom stereocenters. The van der Waals surface area contributed by atoms with Crippen LogP contribution in [0.15, 0.2) is 36.5 Å². The van der Waals surface area contributed by atoms with Crippen molar-refractivity contribution < 1.29 is 9.53 Å². The van der Waals surface area contributed by atoms with E-state index in [4.69, 9.17) is 4.74 Å². The molecule has 0 radical (unpaired) electrons. The molecule has 4 rings (SSSR count). The summed E-state index contributed by atoms with van der Waals surface area (Å²) >= 11 is 0. The van der Waals surface area contributed by atoms with Crippen LogP contribution in [0.1, 0.15) is 40.8 Å². The second-order valence-corrected chi connectivity index (χ2v) is 6.17. The molecule has 0 N–H and O–H groups in total. The van der Waals surface area contributed by atoms with E-state index in [9.17, 15) is 4.79 Å². The minimum atomic E-state index is -0.157. The van der Waals surface area contributed by atoms with E-state index in [1.54, 1.807) is 17.8 Å². The van der Waals surface area contributed by atoms with E-state index < -0.39 is 0 Å². The molecular formula is C18H19N5O2. The Bertz CT molecular complexity index is 936. The van der Waals surface area contributed by atoms with Gasteiger partial charge in [-0.3, -0.25) is 4.79 Å². The summed E-state index contributed by atoms with van der Waals surface area (Å²) in [5.74, 6) is 1.27. The lowest BCUT2D eigenvalue weighted by Crippen LogP contribution is -2.31. The number of hydrogen-bond acceptors (Lipinski definition) is 5. The average molecular weight is 337 g/mol. The lowest BCUT2D eigenvalue weighted by atomic mass is 10.0. The van der Waals surface area contributed by atoms with Crippen LogP contribution in [0.5, 0.6) is 5.75 Å². The first-order valence-electron chi connectivity index (χ1n) is 8.30. The van der Waals surface area contributed by atoms with Gasteiger partial charge in [0.1, 0.15) is 5.75 Å². The Labute approximate surface area is 145 Å². The fraction of sp³-hybridized carbons (Fsp3) is 0.333. The Morgan fingerprint density at radius 3 is 3.00 bits per heavy atom. The number of rotatable bonds is 3. The molecule has 1 fully saturated rings. The van der Waals surface area contributed by atoms with Crippen LogP contribution in [0.3, 0.4) is 0 Å². The highest BCUT2D eigenvalue weighted by Crippen LogP contribution is 2.34. The van der Waals surface area contributed by atoms with E-state index in [0.29, 0.717) is 12.3 Å². The second kappa shape index (κ2) is 6.16. The summed E-state index contributed by atoms with van der Waals surface area (Å²) in [4.78, 5) is 23.3. The van der Waals surface area contributed by atoms with Crippen LogP contribution in [0.4, 0.5) is 0 Å². The Hall–Kier alpha value is -2.96. The molecule has 7 nitrogen and oxygen atoms in total. The number of amides is 1. The topological polar surface area (TPSA) is 72.6 Å². The molecule has 3 heterocycles. The molecule has 1 atom stereocenters. The number of aromatic nitrogens is 4. The van der Waals surface area contributed by atoms with Crippen LogP contribution < -0.4 is 4.74 Å². The van der Waals surface area contributed by atoms with Gasteiger partial charge in [-0.25, -0.2) is 9.50 Å². The van der Waals surface area contributed by atoms with Crippen molar-refractivity contribution in [1.29, 1.82) is 0 Å². The van der Waals surface area contributed by atoms with Gasteiger partial charge in [0.2, 0.25) is 5.82 Å². The maximum absolute atomic E-state index is 13.0. The molecule has 0 spiro atoms. The average Bonchev–Trinajstić information content (AvgIpc) is 3.29. The number of aryl methyl sites for hydroxylation is 1. The Morgan fingerprint density at radius 1 is 1.32 bits per heavy atom. The van der Waals surface area contributed by atoms with Gasteiger partial charge in [-0.15, -0.1) is 5.10 Å². The number of methoxy groups -OCH3 is 1. The largest absolute Gasteiger partial charge is 0.497 e. The van der Waals surface area contributed by atoms with E-state index in [1.807, 2.05) is 42.2 Å². The molecule has 1 amide bonds. The van der Waals surface area contributed by atoms with E-state index >= 15 is 0 Å². The fourth-order valence-electron chi connectivity index (χ4n) is 3.33. The maximum Gasteiger partial charge on any atom is 0.294 e. The number of carbonyl (C=O) groups excluding carboxylic acids is 1. The molecule has 128 valence electrons. The van der Waals surface area contributed by atoms with Crippen molar-refractivity contribution >= 4 is 11.7 Å². The minimum Gasteiger partial charge on any atom is -0.497 e. The quantitative estimate of drug-likeness (QED) is 0.734. The van der Waals surface area contributed by atoms with Gasteiger partial charge in [-0.1, -0.05) is 12.1 Å². The number of fused-ring (bicyclic) bond motifs is 1. The lowest BCUT2D eigenvalue weighted by molar-refractivity contribution is 0.0723. The van der Waals surface area contributed by atoms with Crippen molar-refractivity contribution in [2.24, 2.45) is 0 Å². The molecule has 0 saturated carbocycles. The number of benzene rings is 1. The highest BCUT2D eigenvalue weighted by Gasteiger charge is 2.33. The van der Waals surface area contributed by atoms with Gasteiger partial charge in [0.25, 0.3) is 11.7 Å². The highest BCUT2D eigenvalue weighted by atomic mass is 16.5. The molecule has 0 bridgehead atoms. The number of likely N-dealkylation sites (tertiary alicyclic amines) is 1. The Balaban J connectivity index is 1.66. The zero-order valence-electron chi connectivity index (χ0n) is 14.2. The van der Waals surface area contributed by atoms with Crippen molar-refractivity contribution in [2.75, 3.05) is 13.7 Å². The third-order valence-corrected chi connectivity index (χ3v) is 4.61. The van der Waals surface area contributed by atoms with Crippen molar-refractivity contribution in [1.82, 2.24) is 24.5 Å². The zero-order chi connectivity index (χ0) is 17.4. The second-order valence-electron chi connectivity index (χ2n) is 6.17. The van der Waals surface area contributed by atoms with Crippen molar-refractivity contribution in [3.63, 3.8) is 0 Å². The summed E-state index contributed by atoms with van der Waals surface area (Å²) in [7, 11) is 1.65. The van der Waals surface area contributed by atoms with E-state index in [0.717, 1.165) is 29.8 Å². The van der Waals surface area contributed by atoms with E-state index in [1.165, 1.54) is 0 Å². The van der Waals surface area contributed by atoms with Crippen molar-refractivity contribution in [3.05, 3.63) is 53.6 Å². The molecule has 1 aromatic carbocycles. The van der Waals surface area contributed by atoms with Crippen LogP contribution in [0.25, 0.3) is 5.78 Å². The van der Waals surface area contributed by atoms with Gasteiger partial charge >= 0.3 is 0 Å². The molecule has 7 heteroatoms. The predicted molar refractivity (Wildman–Crippen MR) is 91.5 cm³/mol. The molecule has 3 aromatic rings. The number of hydrogen-bond donors (Lipinski definition) is 0. The summed E-state index contributed by atoms with van der Waals surface area (Å²) < 4.78 is 6.91. The minimum absolute atomic E-state index is 0.0169. The first-order chi connectivity index (χ1) is 12.2. The molecule has 2 aromatic heterocycles. The van der Waals surface area contributed by atoms with Crippen LogP contribution in [0, 0.1) is 6.92 Å². The van der Waals surface area contributed by atoms with Crippen molar-refractivity contribution in [3.8, 4) is 5.75 Å². The zero-order valence-corrected chi connectivity index (χ0v) is 14.2. The first-order valence-corrected chi connectivity index (χ1v) is 8.30. The smallest absolute Gasteiger partial charge is 0.294 e. The van der Waals surface area contributed by atoms with Crippen molar-refractivity contribution in [2.45, 2.75) is 25.8 Å². The third kappa shape index (κ3) is 2.71. The molecule has 1 aliphatic rings. The van der Waals surface area contributed by atoms with Gasteiger partial charge in [0, 0.05) is 18.4 Å². The highest BCUT2D eigenvalue weighted by molar-refractivity contribution is 5.91. The lowest BCUT2D eigenvalue weighted by Gasteiger charge is -2.24. The summed E-state index contributed by atoms with van der Waals surface area (Å²) in [6.07, 6.45) is 3.55. The Morgan fingerprint density at radius 2 is 2.20 bits per heavy atom. The van der Waals surface area contributed by atoms with Gasteiger partial charge in [-0.2, -0.15) is 4.98 Å². The van der Waals surface area contributed by atoms with Crippen LogP contribution in [0.2, 0.25) is 0 Å². The van der Waals surface area contributed by atoms with E-state index in [2.05, 4.69) is 15.1 Å². The Kier molecular flexibility index (Phi) is 3.83. The molecule has 0 aliphatic carbocycles. The number of carbonyl (C=O) groups is 1. The van der Waals surface area contributed by atoms with Crippen LogP contribution in [-0.2, 0) is 0 Å². The van der Waals surface area contributed by atoms with Crippen LogP contribution >= 0.6 is 0 Å². The summed E-state index contributed by atoms with van der Waals surface area (Å²) in [6.45, 7) is 2.61. The molecule has 1 aliphatic heterocycles. The SMILES string of the molecule is COc1cccc([C@@H]2CCCN2C(=O)c2nc3nccc(C)n3n2)c1. The molecular weight excluding hydrogens is 318 g/mol. The predicted octanol–water partition coefficient (Wildman–Crippen LogP) is 2.42. The summed E-state index contributed by atoms with van der Waals surface area (Å²) in [5, 5.41) is 4.35. The standard InChI is InChI=1S/C18H19N5O2/c1-12-8-9-19-18-20-16(21-23(12)18)17(24)22-10-4-7-15(22)13-5-3-6-14(11-13)25-2/h3,5-6,8-9,11,15H,4,7,10H2,1-2H3/t15-/m0/s1. The number of nitrogens with zero attached hydrogens (tertiary/aromatic N) is 5. The summed E-state index contributed by atoms with van der Waals surface area (Å²) in [6, 6.07) is 9.73. The molecule has 1 saturated heterocycles. The van der Waals surface area contributed by atoms with Gasteiger partial charge in [-0.05, 0) is 43.5 Å². The third-order valence-electron chi connectivity index (χ3n) is 4.61. The van der Waals surface area contributed by atoms with E-state index in [-0.39, 0.29) is 17.8 Å². The number of ether oxygens (including phenoxy) is 1. The summed E-state index contributed by atoms with van der Waals surface area (Å²) in [5.41, 5.74) is 1.96. The van der Waals surface area contributed by atoms with Gasteiger partial charge in [0.15, 0.2) is 0 Å². The van der Waals surface area contributed by atoms with Gasteiger partial charge < -0.3 is 9.64 Å². The molecule has 25 heavy (non-hydrogen) atoms. The van der Waals surface area contributed by atoms with Crippen LogP contribution in [-0.4, -0.2) is 44.0 Å². The monoisotopic (exact) mass is 337 g/mol. The first kappa shape index (κ1) is 15.6. The fourth-order valence-corrected chi connectivity index (χ4v) is 3.33.